The minimum atomic E-state index is -1.67. The van der Waals surface area contributed by atoms with Crippen LogP contribution in [0.1, 0.15) is 251 Å². The number of nitrogens with one attached hydrogen (secondary N) is 1. The van der Waals surface area contributed by atoms with Crippen molar-refractivity contribution in [2.75, 3.05) is 13.2 Å². The van der Waals surface area contributed by atoms with Crippen molar-refractivity contribution >= 4 is 5.91 Å². The molecule has 0 saturated carbocycles. The molecule has 0 aromatic rings. The Kier molecular flexibility index (Phi) is 43.9. The van der Waals surface area contributed by atoms with Crippen molar-refractivity contribution in [3.63, 3.8) is 0 Å². The van der Waals surface area contributed by atoms with Crippen molar-refractivity contribution < 1.29 is 50.0 Å². The zero-order chi connectivity index (χ0) is 49.7. The first-order valence-corrected chi connectivity index (χ1v) is 28.4. The van der Waals surface area contributed by atoms with Gasteiger partial charge < -0.3 is 50.5 Å². The van der Waals surface area contributed by atoms with Crippen LogP contribution in [-0.2, 0) is 14.3 Å². The van der Waals surface area contributed by atoms with Crippen LogP contribution in [0.5, 0.6) is 0 Å². The van der Waals surface area contributed by atoms with Gasteiger partial charge in [0.25, 0.3) is 0 Å². The number of allylic oxidation sites excluding steroid dienone is 6. The topological polar surface area (TPSA) is 189 Å². The number of hydrogen-bond acceptors (Lipinski definition) is 10. The lowest BCUT2D eigenvalue weighted by Gasteiger charge is -2.40. The highest BCUT2D eigenvalue weighted by Gasteiger charge is 2.44. The maximum atomic E-state index is 13.1. The van der Waals surface area contributed by atoms with Gasteiger partial charge in [-0.2, -0.15) is 0 Å². The summed E-state index contributed by atoms with van der Waals surface area (Å²) in [6.45, 7) is 3.40. The number of hydrogen-bond donors (Lipinski definition) is 8. The Labute approximate surface area is 416 Å². The van der Waals surface area contributed by atoms with Crippen molar-refractivity contribution in [2.45, 2.75) is 306 Å². The van der Waals surface area contributed by atoms with Crippen LogP contribution >= 0.6 is 0 Å². The molecule has 1 saturated heterocycles. The van der Waals surface area contributed by atoms with Crippen LogP contribution in [-0.4, -0.2) is 110 Å². The normalized spacial score (nSPS) is 20.8. The van der Waals surface area contributed by atoms with Crippen molar-refractivity contribution in [1.82, 2.24) is 5.32 Å². The highest BCUT2D eigenvalue weighted by atomic mass is 16.7. The van der Waals surface area contributed by atoms with Gasteiger partial charge in [-0.3, -0.25) is 4.79 Å². The van der Waals surface area contributed by atoms with Gasteiger partial charge in [-0.05, 0) is 77.0 Å². The quantitative estimate of drug-likeness (QED) is 0.0215. The Bertz CT molecular complexity index is 1200. The van der Waals surface area contributed by atoms with E-state index in [1.54, 1.807) is 0 Å². The highest BCUT2D eigenvalue weighted by molar-refractivity contribution is 5.80. The molecule has 0 spiro atoms. The van der Waals surface area contributed by atoms with E-state index >= 15 is 0 Å². The summed E-state index contributed by atoms with van der Waals surface area (Å²) in [4.78, 5) is 13.1. The number of amides is 1. The number of aliphatic hydroxyl groups is 7. The monoisotopic (exact) mass is 966 g/mol. The first kappa shape index (κ1) is 64.3. The van der Waals surface area contributed by atoms with E-state index in [9.17, 15) is 40.5 Å². The average molecular weight is 966 g/mol. The van der Waals surface area contributed by atoms with Gasteiger partial charge in [0.05, 0.1) is 25.4 Å². The van der Waals surface area contributed by atoms with Gasteiger partial charge in [0.15, 0.2) is 6.29 Å². The molecule has 1 amide bonds. The van der Waals surface area contributed by atoms with Crippen LogP contribution in [0.2, 0.25) is 0 Å². The van der Waals surface area contributed by atoms with E-state index in [1.165, 1.54) is 154 Å². The fraction of sp³-hybridized carbons (Fsp3) is 0.877. The first-order valence-electron chi connectivity index (χ1n) is 28.4. The largest absolute Gasteiger partial charge is 0.394 e. The third-order valence-corrected chi connectivity index (χ3v) is 13.6. The molecule has 68 heavy (non-hydrogen) atoms. The average Bonchev–Trinajstić information content (AvgIpc) is 3.34. The molecule has 1 aliphatic rings. The standard InChI is InChI=1S/C57H107NO10/c1-3-5-7-9-11-13-15-16-17-18-19-20-21-22-23-24-25-26-27-28-29-30-31-32-33-35-36-38-40-42-44-49(60)52(62)48(47-67-57-55(65)54(64)53(63)51(46-59)68-57)58-56(66)50(61)45-43-41-39-37-34-14-12-10-8-6-4-2/h12,14,31-32,36,38,48-55,57,59-65H,3-11,13,15-30,33-35,37,39-47H2,1-2H3,(H,58,66)/b14-12-,32-31+,38-36+. The van der Waals surface area contributed by atoms with Crippen molar-refractivity contribution in [2.24, 2.45) is 0 Å². The van der Waals surface area contributed by atoms with E-state index in [1.807, 2.05) is 0 Å². The van der Waals surface area contributed by atoms with Crippen LogP contribution < -0.4 is 5.32 Å². The van der Waals surface area contributed by atoms with Crippen LogP contribution in [0.4, 0.5) is 0 Å². The van der Waals surface area contributed by atoms with Crippen LogP contribution in [0.3, 0.4) is 0 Å². The first-order chi connectivity index (χ1) is 33.2. The van der Waals surface area contributed by atoms with E-state index < -0.39 is 74.2 Å². The summed E-state index contributed by atoms with van der Waals surface area (Å²) >= 11 is 0. The maximum absolute atomic E-state index is 13.1. The second kappa shape index (κ2) is 46.4. The molecule has 0 radical (unpaired) electrons. The molecule has 11 nitrogen and oxygen atoms in total. The summed E-state index contributed by atoms with van der Waals surface area (Å²) in [5.74, 6) is -0.721. The number of carbonyl (C=O) groups is 1. The van der Waals surface area contributed by atoms with E-state index in [0.717, 1.165) is 51.4 Å². The maximum Gasteiger partial charge on any atom is 0.249 e. The molecule has 9 unspecified atom stereocenters. The van der Waals surface area contributed by atoms with E-state index in [4.69, 9.17) is 9.47 Å². The second-order valence-corrected chi connectivity index (χ2v) is 20.0. The second-order valence-electron chi connectivity index (χ2n) is 20.0. The third-order valence-electron chi connectivity index (χ3n) is 13.6. The van der Waals surface area contributed by atoms with Gasteiger partial charge in [0.1, 0.15) is 36.6 Å². The molecule has 11 heteroatoms. The lowest BCUT2D eigenvalue weighted by Crippen LogP contribution is -2.60. The Morgan fingerprint density at radius 1 is 0.500 bits per heavy atom. The number of ether oxygens (including phenoxy) is 2. The number of unbranched alkanes of at least 4 members (excludes halogenated alkanes) is 30. The summed E-state index contributed by atoms with van der Waals surface area (Å²) in [5, 5.41) is 75.8. The van der Waals surface area contributed by atoms with Gasteiger partial charge >= 0.3 is 0 Å². The molecule has 400 valence electrons. The lowest BCUT2D eigenvalue weighted by atomic mass is 9.98. The number of carbonyl (C=O) groups excluding carboxylic acids is 1. The Balaban J connectivity index is 2.27. The van der Waals surface area contributed by atoms with Gasteiger partial charge in [-0.1, -0.05) is 211 Å². The summed E-state index contributed by atoms with van der Waals surface area (Å²) in [5.41, 5.74) is 0. The molecular formula is C57H107NO10. The fourth-order valence-corrected chi connectivity index (χ4v) is 8.98. The van der Waals surface area contributed by atoms with E-state index in [2.05, 4.69) is 55.6 Å². The van der Waals surface area contributed by atoms with Crippen molar-refractivity contribution in [3.05, 3.63) is 36.5 Å². The Hall–Kier alpha value is -1.67. The number of aliphatic hydroxyl groups excluding tert-OH is 7. The highest BCUT2D eigenvalue weighted by Crippen LogP contribution is 2.23. The third kappa shape index (κ3) is 34.6. The van der Waals surface area contributed by atoms with Gasteiger partial charge in [0.2, 0.25) is 5.91 Å². The molecule has 9 atom stereocenters. The summed E-state index contributed by atoms with van der Waals surface area (Å²) < 4.78 is 11.1. The molecule has 8 N–H and O–H groups in total. The van der Waals surface area contributed by atoms with Crippen LogP contribution in [0.15, 0.2) is 36.5 Å². The van der Waals surface area contributed by atoms with E-state index in [-0.39, 0.29) is 12.8 Å². The summed E-state index contributed by atoms with van der Waals surface area (Å²) in [7, 11) is 0. The molecule has 0 aromatic heterocycles. The smallest absolute Gasteiger partial charge is 0.249 e. The lowest BCUT2D eigenvalue weighted by molar-refractivity contribution is -0.303. The Morgan fingerprint density at radius 2 is 0.882 bits per heavy atom. The van der Waals surface area contributed by atoms with Crippen molar-refractivity contribution in [1.29, 1.82) is 0 Å². The SMILES string of the molecule is CCCCC/C=C\CCCCCCC(O)C(=O)NC(COC1OC(CO)C(O)C(O)C1O)C(O)C(O)CCC/C=C/CC/C=C/CCCCCCCCCCCCCCCCCCCCCCC. The zero-order valence-electron chi connectivity index (χ0n) is 43.6. The molecule has 1 rings (SSSR count). The molecule has 1 heterocycles. The Morgan fingerprint density at radius 3 is 1.34 bits per heavy atom. The van der Waals surface area contributed by atoms with Gasteiger partial charge in [0, 0.05) is 0 Å². The van der Waals surface area contributed by atoms with Crippen LogP contribution in [0.25, 0.3) is 0 Å². The van der Waals surface area contributed by atoms with Crippen LogP contribution in [0, 0.1) is 0 Å². The van der Waals surface area contributed by atoms with Gasteiger partial charge in [-0.25, -0.2) is 0 Å². The molecule has 0 aromatic carbocycles. The molecule has 0 bridgehead atoms. The minimum absolute atomic E-state index is 0.236. The number of rotatable bonds is 48. The predicted octanol–water partition coefficient (Wildman–Crippen LogP) is 11.5. The fourth-order valence-electron chi connectivity index (χ4n) is 8.98. The van der Waals surface area contributed by atoms with Gasteiger partial charge in [-0.15, -0.1) is 0 Å². The summed E-state index contributed by atoms with van der Waals surface area (Å²) in [6, 6.07) is -1.19. The van der Waals surface area contributed by atoms with E-state index in [0.29, 0.717) is 19.3 Å². The van der Waals surface area contributed by atoms with Crippen molar-refractivity contribution in [3.8, 4) is 0 Å². The molecule has 1 fully saturated rings. The minimum Gasteiger partial charge on any atom is -0.394 e. The predicted molar refractivity (Wildman–Crippen MR) is 279 cm³/mol. The summed E-state index contributed by atoms with van der Waals surface area (Å²) in [6.07, 6.45) is 45.2. The molecule has 1 aliphatic heterocycles. The molecule has 0 aliphatic carbocycles. The molecular weight excluding hydrogens is 859 g/mol. The zero-order valence-corrected chi connectivity index (χ0v) is 43.6.